The van der Waals surface area contributed by atoms with E-state index in [-0.39, 0.29) is 12.4 Å². The minimum Gasteiger partial charge on any atom is -0.488 e. The summed E-state index contributed by atoms with van der Waals surface area (Å²) in [6.07, 6.45) is 1.37. The third kappa shape index (κ3) is 4.23. The van der Waals surface area contributed by atoms with Gasteiger partial charge in [-0.25, -0.2) is 9.18 Å². The van der Waals surface area contributed by atoms with Crippen molar-refractivity contribution >= 4 is 33.0 Å². The summed E-state index contributed by atoms with van der Waals surface area (Å²) in [7, 11) is 0. The third-order valence-electron chi connectivity index (χ3n) is 4.35. The fourth-order valence-corrected chi connectivity index (χ4v) is 3.30. The van der Waals surface area contributed by atoms with E-state index in [9.17, 15) is 14.0 Å². The molecule has 4 aromatic rings. The van der Waals surface area contributed by atoms with Crippen molar-refractivity contribution in [2.45, 2.75) is 6.61 Å². The number of nitrogens with one attached hydrogen (secondary N) is 1. The Labute approximate surface area is 178 Å². The van der Waals surface area contributed by atoms with Crippen LogP contribution in [0.3, 0.4) is 0 Å². The highest BCUT2D eigenvalue weighted by molar-refractivity contribution is 9.10. The maximum atomic E-state index is 13.4. The van der Waals surface area contributed by atoms with Crippen molar-refractivity contribution in [3.05, 3.63) is 109 Å². The molecule has 0 aliphatic carbocycles. The van der Waals surface area contributed by atoms with Crippen molar-refractivity contribution in [3.63, 3.8) is 0 Å². The lowest BCUT2D eigenvalue weighted by Crippen LogP contribution is -2.32. The number of fused-ring (bicyclic) bond motifs is 1. The Morgan fingerprint density at radius 1 is 1.07 bits per heavy atom. The molecule has 0 aliphatic heterocycles. The summed E-state index contributed by atoms with van der Waals surface area (Å²) in [5, 5.41) is 4.42. The predicted molar refractivity (Wildman–Crippen MR) is 117 cm³/mol. The fourth-order valence-electron chi connectivity index (χ4n) is 2.92. The van der Waals surface area contributed by atoms with Gasteiger partial charge in [0, 0.05) is 10.0 Å². The van der Waals surface area contributed by atoms with Crippen LogP contribution in [0, 0.1) is 5.82 Å². The number of aromatic nitrogens is 2. The lowest BCUT2D eigenvalue weighted by molar-refractivity contribution is 0.305. The molecule has 0 saturated carbocycles. The fraction of sp³-hybridized carbons (Fsp3) is 0.0455. The second-order valence-electron chi connectivity index (χ2n) is 6.44. The van der Waals surface area contributed by atoms with Crippen molar-refractivity contribution in [2.24, 2.45) is 5.10 Å². The molecular formula is C22H15BrFN3O3. The van der Waals surface area contributed by atoms with Gasteiger partial charge in [0.25, 0.3) is 5.56 Å². The topological polar surface area (TPSA) is 76.5 Å². The van der Waals surface area contributed by atoms with Crippen LogP contribution in [-0.4, -0.2) is 15.9 Å². The zero-order valence-corrected chi connectivity index (χ0v) is 17.1. The summed E-state index contributed by atoms with van der Waals surface area (Å²) in [6.45, 7) is 0.150. The molecule has 0 aliphatic rings. The Kier molecular flexibility index (Phi) is 5.58. The predicted octanol–water partition coefficient (Wildman–Crippen LogP) is 4.05. The molecular weight excluding hydrogens is 453 g/mol. The number of ether oxygens (including phenoxy) is 1. The highest BCUT2D eigenvalue weighted by Crippen LogP contribution is 2.23. The lowest BCUT2D eigenvalue weighted by Gasteiger charge is -2.10. The van der Waals surface area contributed by atoms with E-state index in [0.29, 0.717) is 27.8 Å². The summed E-state index contributed by atoms with van der Waals surface area (Å²) in [4.78, 5) is 27.5. The number of H-pyrrole nitrogens is 1. The van der Waals surface area contributed by atoms with Crippen LogP contribution in [0.15, 0.2) is 85.9 Å². The Bertz CT molecular complexity index is 1380. The molecule has 0 bridgehead atoms. The highest BCUT2D eigenvalue weighted by atomic mass is 79.9. The average Bonchev–Trinajstić information content (AvgIpc) is 2.73. The van der Waals surface area contributed by atoms with Gasteiger partial charge in [0.2, 0.25) is 0 Å². The molecule has 0 radical (unpaired) electrons. The molecule has 6 nitrogen and oxygen atoms in total. The van der Waals surface area contributed by atoms with Gasteiger partial charge in [-0.15, -0.1) is 4.68 Å². The van der Waals surface area contributed by atoms with E-state index in [0.717, 1.165) is 9.15 Å². The standard InChI is InChI=1S/C22H15BrFN3O3/c23-16-8-9-20(30-13-14-4-3-5-17(24)10-14)15(11-16)12-25-27-21(28)18-6-1-2-7-19(18)26-22(27)29/h1-12H,13H2,(H,26,29). The van der Waals surface area contributed by atoms with Gasteiger partial charge in [0.05, 0.1) is 17.1 Å². The molecule has 0 fully saturated rings. The summed E-state index contributed by atoms with van der Waals surface area (Å²) in [5.41, 5.74) is 0.485. The van der Waals surface area contributed by atoms with Gasteiger partial charge in [-0.1, -0.05) is 40.2 Å². The number of benzene rings is 3. The number of hydrogen-bond acceptors (Lipinski definition) is 4. The number of aromatic amines is 1. The van der Waals surface area contributed by atoms with Gasteiger partial charge in [-0.3, -0.25) is 4.79 Å². The monoisotopic (exact) mass is 467 g/mol. The van der Waals surface area contributed by atoms with E-state index in [4.69, 9.17) is 4.74 Å². The number of nitrogens with zero attached hydrogens (tertiary/aromatic N) is 2. The van der Waals surface area contributed by atoms with Crippen molar-refractivity contribution < 1.29 is 9.13 Å². The SMILES string of the molecule is O=c1[nH]c2ccccc2c(=O)n1N=Cc1cc(Br)ccc1OCc1cccc(F)c1. The van der Waals surface area contributed by atoms with Gasteiger partial charge < -0.3 is 9.72 Å². The van der Waals surface area contributed by atoms with E-state index in [2.05, 4.69) is 26.0 Å². The smallest absolute Gasteiger partial charge is 0.349 e. The second-order valence-corrected chi connectivity index (χ2v) is 7.35. The van der Waals surface area contributed by atoms with Crippen LogP contribution in [0.2, 0.25) is 0 Å². The number of para-hydroxylation sites is 1. The summed E-state index contributed by atoms with van der Waals surface area (Å²) < 4.78 is 20.7. The van der Waals surface area contributed by atoms with Crippen molar-refractivity contribution in [1.29, 1.82) is 0 Å². The maximum absolute atomic E-state index is 13.4. The first-order valence-corrected chi connectivity index (χ1v) is 9.76. The first kappa shape index (κ1) is 19.8. The van der Waals surface area contributed by atoms with Crippen molar-refractivity contribution in [1.82, 2.24) is 9.66 Å². The quantitative estimate of drug-likeness (QED) is 0.449. The largest absolute Gasteiger partial charge is 0.488 e. The number of halogens is 2. The van der Waals surface area contributed by atoms with Gasteiger partial charge >= 0.3 is 5.69 Å². The lowest BCUT2D eigenvalue weighted by atomic mass is 10.2. The Morgan fingerprint density at radius 2 is 1.90 bits per heavy atom. The molecule has 0 unspecified atom stereocenters. The van der Waals surface area contributed by atoms with Crippen molar-refractivity contribution in [3.8, 4) is 5.75 Å². The minimum atomic E-state index is -0.646. The molecule has 3 aromatic carbocycles. The van der Waals surface area contributed by atoms with Gasteiger partial charge in [-0.05, 0) is 48.0 Å². The van der Waals surface area contributed by atoms with Gasteiger partial charge in [-0.2, -0.15) is 5.10 Å². The van der Waals surface area contributed by atoms with E-state index in [1.807, 2.05) is 0 Å². The molecule has 4 rings (SSSR count). The molecule has 0 spiro atoms. The van der Waals surface area contributed by atoms with Crippen LogP contribution in [0.1, 0.15) is 11.1 Å². The van der Waals surface area contributed by atoms with Crippen LogP contribution < -0.4 is 16.0 Å². The minimum absolute atomic E-state index is 0.150. The first-order chi connectivity index (χ1) is 14.5. The van der Waals surface area contributed by atoms with Gasteiger partial charge in [0.15, 0.2) is 0 Å². The highest BCUT2D eigenvalue weighted by Gasteiger charge is 2.08. The van der Waals surface area contributed by atoms with Gasteiger partial charge in [0.1, 0.15) is 18.2 Å². The number of rotatable bonds is 5. The summed E-state index contributed by atoms with van der Waals surface area (Å²) in [6, 6.07) is 18.1. The normalized spacial score (nSPS) is 11.3. The molecule has 0 atom stereocenters. The summed E-state index contributed by atoms with van der Waals surface area (Å²) >= 11 is 3.39. The van der Waals surface area contributed by atoms with Crippen LogP contribution in [-0.2, 0) is 6.61 Å². The third-order valence-corrected chi connectivity index (χ3v) is 4.84. The molecule has 150 valence electrons. The molecule has 0 amide bonds. The maximum Gasteiger partial charge on any atom is 0.349 e. The molecule has 30 heavy (non-hydrogen) atoms. The van der Waals surface area contributed by atoms with Crippen molar-refractivity contribution in [2.75, 3.05) is 0 Å². The second kappa shape index (κ2) is 8.46. The van der Waals surface area contributed by atoms with Crippen LogP contribution >= 0.6 is 15.9 Å². The first-order valence-electron chi connectivity index (χ1n) is 8.96. The zero-order valence-electron chi connectivity index (χ0n) is 15.5. The zero-order chi connectivity index (χ0) is 21.1. The van der Waals surface area contributed by atoms with E-state index < -0.39 is 11.2 Å². The molecule has 1 N–H and O–H groups in total. The Hall–Kier alpha value is -3.52. The van der Waals surface area contributed by atoms with E-state index >= 15 is 0 Å². The molecule has 1 heterocycles. The van der Waals surface area contributed by atoms with E-state index in [1.54, 1.807) is 54.6 Å². The van der Waals surface area contributed by atoms with E-state index in [1.165, 1.54) is 18.3 Å². The van der Waals surface area contributed by atoms with Crippen LogP contribution in [0.5, 0.6) is 5.75 Å². The molecule has 8 heteroatoms. The van der Waals surface area contributed by atoms with Crippen LogP contribution in [0.4, 0.5) is 4.39 Å². The number of hydrogen-bond donors (Lipinski definition) is 1. The van der Waals surface area contributed by atoms with Crippen LogP contribution in [0.25, 0.3) is 10.9 Å². The molecule has 1 aromatic heterocycles. The average molecular weight is 468 g/mol. The summed E-state index contributed by atoms with van der Waals surface area (Å²) in [5.74, 6) is 0.125. The Balaban J connectivity index is 1.67. The Morgan fingerprint density at radius 3 is 2.73 bits per heavy atom. The molecule has 0 saturated heterocycles.